The van der Waals surface area contributed by atoms with Gasteiger partial charge in [0, 0.05) is 32.3 Å². The van der Waals surface area contributed by atoms with E-state index in [9.17, 15) is 29.7 Å². The highest BCUT2D eigenvalue weighted by Gasteiger charge is 2.59. The van der Waals surface area contributed by atoms with E-state index in [1.807, 2.05) is 44.2 Å². The molecule has 1 aromatic carbocycles. The number of benzene rings is 1. The summed E-state index contributed by atoms with van der Waals surface area (Å²) in [6, 6.07) is 8.26. The number of nitrogens with zero attached hydrogens (tertiary/aromatic N) is 3. The van der Waals surface area contributed by atoms with E-state index in [-0.39, 0.29) is 36.1 Å². The number of hydrogen-bond donors (Lipinski definition) is 5. The van der Waals surface area contributed by atoms with Crippen LogP contribution in [0.4, 0.5) is 4.79 Å². The van der Waals surface area contributed by atoms with E-state index in [1.165, 1.54) is 74.0 Å². The summed E-state index contributed by atoms with van der Waals surface area (Å²) in [6.45, 7) is 15.4. The van der Waals surface area contributed by atoms with Crippen LogP contribution in [0.15, 0.2) is 60.6 Å². The Balaban J connectivity index is 0.962. The summed E-state index contributed by atoms with van der Waals surface area (Å²) in [7, 11) is 0.417. The number of aliphatic hydroxyl groups is 3. The van der Waals surface area contributed by atoms with E-state index in [0.717, 1.165) is 48.5 Å². The van der Waals surface area contributed by atoms with Gasteiger partial charge in [0.1, 0.15) is 23.9 Å². The number of aliphatic hydroxyl groups excluding tert-OH is 3. The van der Waals surface area contributed by atoms with Gasteiger partial charge in [-0.1, -0.05) is 110 Å². The fraction of sp³-hybridized carbons (Fsp3) is 0.722. The molecule has 14 atom stereocenters. The van der Waals surface area contributed by atoms with Crippen LogP contribution in [-0.2, 0) is 25.3 Å². The highest BCUT2D eigenvalue weighted by atomic mass is 16.7. The van der Waals surface area contributed by atoms with Gasteiger partial charge in [0.25, 0.3) is 5.91 Å². The molecule has 7 rings (SSSR count). The Hall–Kier alpha value is -3.89. The van der Waals surface area contributed by atoms with Crippen molar-refractivity contribution in [2.75, 3.05) is 20.2 Å². The van der Waals surface area contributed by atoms with Crippen molar-refractivity contribution in [1.82, 2.24) is 25.5 Å². The van der Waals surface area contributed by atoms with Crippen molar-refractivity contribution >= 4 is 25.0 Å². The molecule has 15 heteroatoms. The van der Waals surface area contributed by atoms with Gasteiger partial charge in [0.15, 0.2) is 0 Å². The van der Waals surface area contributed by atoms with E-state index >= 15 is 0 Å². The van der Waals surface area contributed by atoms with Crippen LogP contribution in [0.25, 0.3) is 0 Å². The standard InChI is InChI=1S/C54H82BN5O9/c1-33(2)13-12-14-35(5)40-19-20-41-39-18-17-37-29-38(21-23-53(37,6)42(39)22-24-54(40,41)7)67-52(66)60(8)31-45(62)48-49(46(63)32-61)69-55(68-48)47(27-34(3)4)59-50(64)43(28-36-15-10-9-11-16-36)58-51(65)44-30-56-25-26-57-44/h9-11,15-17,25-26,30,33-35,38-43,45-49,61-63H,12-14,18-24,27-29,31-32H2,1-8H3,(H,58,65)(H,59,64)/t35-,38+,39?,40?,41?,42?,43?,45?,46?,47+,48?,49-,53+,54-/m1/s1. The minimum absolute atomic E-state index is 0.0374. The van der Waals surface area contributed by atoms with Gasteiger partial charge in [-0.25, -0.2) is 9.78 Å². The minimum Gasteiger partial charge on any atom is -0.446 e. The van der Waals surface area contributed by atoms with Crippen molar-refractivity contribution in [3.8, 4) is 0 Å². The number of nitrogens with one attached hydrogen (secondary N) is 2. The van der Waals surface area contributed by atoms with Crippen molar-refractivity contribution in [2.24, 2.45) is 52.3 Å². The number of aromatic nitrogens is 2. The molecule has 8 unspecified atom stereocenters. The number of ether oxygens (including phenoxy) is 1. The van der Waals surface area contributed by atoms with Crippen LogP contribution >= 0.6 is 0 Å². The van der Waals surface area contributed by atoms with Gasteiger partial charge in [-0.3, -0.25) is 14.6 Å². The molecule has 14 nitrogen and oxygen atoms in total. The predicted molar refractivity (Wildman–Crippen MR) is 265 cm³/mol. The van der Waals surface area contributed by atoms with Gasteiger partial charge >= 0.3 is 13.2 Å². The van der Waals surface area contributed by atoms with Crippen LogP contribution < -0.4 is 10.6 Å². The number of rotatable bonds is 20. The first-order valence-corrected chi connectivity index (χ1v) is 26.2. The number of amides is 3. The Morgan fingerprint density at radius 1 is 0.913 bits per heavy atom. The Bertz CT molecular complexity index is 2050. The number of allylic oxidation sites excluding steroid dienone is 1. The average Bonchev–Trinajstić information content (AvgIpc) is 3.93. The number of hydrogen-bond acceptors (Lipinski definition) is 11. The summed E-state index contributed by atoms with van der Waals surface area (Å²) < 4.78 is 18.7. The minimum atomic E-state index is -1.43. The summed E-state index contributed by atoms with van der Waals surface area (Å²) in [4.78, 5) is 50.5. The molecular formula is C54H82BN5O9. The molecule has 4 aliphatic carbocycles. The number of carbonyl (C=O) groups is 3. The second-order valence-electron chi connectivity index (χ2n) is 22.9. The number of carbonyl (C=O) groups excluding carboxylic acids is 3. The third kappa shape index (κ3) is 12.2. The molecule has 3 amide bonds. The second-order valence-corrected chi connectivity index (χ2v) is 22.9. The SMILES string of the molecule is CC(C)CCC[C@@H](C)C1CCC2C3CC=C4C[C@@H](OC(=O)N(C)CC(O)C5OB([C@H](CC(C)C)NC(=O)C(Cc6ccccc6)NC(=O)c6cnccn6)O[C@@H]5C(O)CO)CC[C@]4(C)C3CC[C@@]21C. The van der Waals surface area contributed by atoms with Gasteiger partial charge in [-0.2, -0.15) is 0 Å². The van der Waals surface area contributed by atoms with E-state index in [2.05, 4.69) is 61.3 Å². The monoisotopic (exact) mass is 956 g/mol. The van der Waals surface area contributed by atoms with E-state index in [0.29, 0.717) is 30.1 Å². The van der Waals surface area contributed by atoms with Gasteiger partial charge in [-0.05, 0) is 109 Å². The van der Waals surface area contributed by atoms with Gasteiger partial charge in [0.2, 0.25) is 5.91 Å². The van der Waals surface area contributed by atoms with Crippen LogP contribution in [0.5, 0.6) is 0 Å². The molecule has 1 saturated heterocycles. The van der Waals surface area contributed by atoms with Crippen LogP contribution in [0.2, 0.25) is 0 Å². The lowest BCUT2D eigenvalue weighted by Gasteiger charge is -2.58. The maximum absolute atomic E-state index is 14.1. The van der Waals surface area contributed by atoms with Crippen molar-refractivity contribution in [3.05, 3.63) is 71.8 Å². The molecule has 0 spiro atoms. The third-order valence-electron chi connectivity index (χ3n) is 17.2. The van der Waals surface area contributed by atoms with Crippen LogP contribution in [-0.4, -0.2) is 118 Å². The summed E-state index contributed by atoms with van der Waals surface area (Å²) in [5.41, 5.74) is 2.83. The summed E-state index contributed by atoms with van der Waals surface area (Å²) >= 11 is 0. The molecular weight excluding hydrogens is 873 g/mol. The predicted octanol–water partition coefficient (Wildman–Crippen LogP) is 7.35. The highest BCUT2D eigenvalue weighted by molar-refractivity contribution is 6.47. The maximum atomic E-state index is 14.1. The molecule has 5 N–H and O–H groups in total. The van der Waals surface area contributed by atoms with Crippen LogP contribution in [0.1, 0.15) is 142 Å². The first-order chi connectivity index (χ1) is 32.9. The highest BCUT2D eigenvalue weighted by Crippen LogP contribution is 2.67. The quantitative estimate of drug-likeness (QED) is 0.0659. The van der Waals surface area contributed by atoms with Crippen molar-refractivity contribution < 1.29 is 43.7 Å². The van der Waals surface area contributed by atoms with Crippen LogP contribution in [0.3, 0.4) is 0 Å². The van der Waals surface area contributed by atoms with Crippen molar-refractivity contribution in [1.29, 1.82) is 0 Å². The fourth-order valence-corrected chi connectivity index (χ4v) is 13.6. The molecule has 5 aliphatic rings. The molecule has 0 radical (unpaired) electrons. The zero-order valence-electron chi connectivity index (χ0n) is 42.6. The second kappa shape index (κ2) is 23.1. The molecule has 1 aliphatic heterocycles. The largest absolute Gasteiger partial charge is 0.481 e. The molecule has 3 saturated carbocycles. The summed E-state index contributed by atoms with van der Waals surface area (Å²) in [5, 5.41) is 38.5. The van der Waals surface area contributed by atoms with Crippen LogP contribution in [0, 0.1) is 52.3 Å². The van der Waals surface area contributed by atoms with E-state index < -0.39 is 68.0 Å². The molecule has 4 fully saturated rings. The fourth-order valence-electron chi connectivity index (χ4n) is 13.6. The van der Waals surface area contributed by atoms with Crippen molar-refractivity contribution in [2.45, 2.75) is 174 Å². The molecule has 2 aromatic rings. The molecule has 0 bridgehead atoms. The molecule has 69 heavy (non-hydrogen) atoms. The Morgan fingerprint density at radius 3 is 2.33 bits per heavy atom. The van der Waals surface area contributed by atoms with Gasteiger partial charge < -0.3 is 44.9 Å². The lowest BCUT2D eigenvalue weighted by Crippen LogP contribution is -2.55. The van der Waals surface area contributed by atoms with E-state index in [4.69, 9.17) is 14.0 Å². The molecule has 380 valence electrons. The Kier molecular flexibility index (Phi) is 17.7. The number of likely N-dealkylation sites (N-methyl/N-ethyl adjacent to an activating group) is 1. The normalized spacial score (nSPS) is 30.8. The topological polar surface area (TPSA) is 193 Å². The molecule has 1 aromatic heterocycles. The van der Waals surface area contributed by atoms with E-state index in [1.54, 1.807) is 7.05 Å². The smallest absolute Gasteiger partial charge is 0.446 e. The zero-order chi connectivity index (χ0) is 49.6. The maximum Gasteiger partial charge on any atom is 0.481 e. The zero-order valence-corrected chi connectivity index (χ0v) is 42.6. The first-order valence-electron chi connectivity index (χ1n) is 26.2. The lowest BCUT2D eigenvalue weighted by molar-refractivity contribution is -0.123. The third-order valence-corrected chi connectivity index (χ3v) is 17.2. The Morgan fingerprint density at radius 2 is 1.65 bits per heavy atom. The number of fused-ring (bicyclic) bond motifs is 5. The Labute approximate surface area is 411 Å². The van der Waals surface area contributed by atoms with Crippen molar-refractivity contribution in [3.63, 3.8) is 0 Å². The van der Waals surface area contributed by atoms with Gasteiger partial charge in [0.05, 0.1) is 43.6 Å². The van der Waals surface area contributed by atoms with Gasteiger partial charge in [-0.15, -0.1) is 0 Å². The summed E-state index contributed by atoms with van der Waals surface area (Å²) in [6.07, 6.45) is 14.1. The lowest BCUT2D eigenvalue weighted by atomic mass is 9.47. The summed E-state index contributed by atoms with van der Waals surface area (Å²) in [5.74, 6) is 2.67. The average molecular weight is 956 g/mol. The first kappa shape index (κ1) is 52.9. The molecule has 2 heterocycles.